The molecule has 0 bridgehead atoms. The zero-order chi connectivity index (χ0) is 23.5. The van der Waals surface area contributed by atoms with Gasteiger partial charge < -0.3 is 4.90 Å². The van der Waals surface area contributed by atoms with E-state index in [2.05, 4.69) is 69.3 Å². The molecular weight excluding hydrogens is 386 g/mol. The monoisotopic (exact) mass is 445 g/mol. The number of likely N-dealkylation sites (N-methyl/N-ethyl adjacent to an activating group) is 1. The van der Waals surface area contributed by atoms with Crippen LogP contribution in [0.1, 0.15) is 142 Å². The summed E-state index contributed by atoms with van der Waals surface area (Å²) in [7, 11) is 4.45. The molecule has 1 unspecified atom stereocenters. The Morgan fingerprint density at radius 1 is 0.531 bits per heavy atom. The summed E-state index contributed by atoms with van der Waals surface area (Å²) in [5, 5.41) is 0. The Morgan fingerprint density at radius 2 is 0.969 bits per heavy atom. The predicted octanol–water partition coefficient (Wildman–Crippen LogP) is 10.4. The quantitative estimate of drug-likeness (QED) is 0.105. The van der Waals surface area contributed by atoms with E-state index >= 15 is 0 Å². The van der Waals surface area contributed by atoms with Crippen molar-refractivity contribution in [2.24, 2.45) is 0 Å². The van der Waals surface area contributed by atoms with Crippen molar-refractivity contribution in [2.75, 3.05) is 14.1 Å². The first kappa shape index (κ1) is 31.2. The zero-order valence-corrected chi connectivity index (χ0v) is 22.6. The maximum atomic E-state index is 2.47. The summed E-state index contributed by atoms with van der Waals surface area (Å²) < 4.78 is 0. The number of nitrogens with zero attached hydrogens (tertiary/aromatic N) is 1. The van der Waals surface area contributed by atoms with E-state index in [1.807, 2.05) is 0 Å². The molecule has 1 heteroatoms. The molecule has 0 aromatic heterocycles. The van der Waals surface area contributed by atoms with Crippen LogP contribution in [0.3, 0.4) is 0 Å². The van der Waals surface area contributed by atoms with E-state index in [1.165, 1.54) is 128 Å². The van der Waals surface area contributed by atoms with Gasteiger partial charge in [-0.15, -0.1) is 0 Å². The van der Waals surface area contributed by atoms with E-state index in [0.717, 1.165) is 0 Å². The van der Waals surface area contributed by atoms with Crippen molar-refractivity contribution in [3.8, 4) is 0 Å². The Kier molecular flexibility index (Phi) is 25.8. The second-order valence-electron chi connectivity index (χ2n) is 9.89. The van der Waals surface area contributed by atoms with Gasteiger partial charge in [0.15, 0.2) is 0 Å². The van der Waals surface area contributed by atoms with Crippen LogP contribution in [0.4, 0.5) is 0 Å². The van der Waals surface area contributed by atoms with Gasteiger partial charge in [-0.3, -0.25) is 0 Å². The highest BCUT2D eigenvalue weighted by Crippen LogP contribution is 2.13. The third-order valence-corrected chi connectivity index (χ3v) is 6.51. The third kappa shape index (κ3) is 23.8. The molecular formula is C31H59N. The number of unbranched alkanes of at least 4 members (excludes halogenated alkanes) is 16. The van der Waals surface area contributed by atoms with Crippen LogP contribution in [0.5, 0.6) is 0 Å². The molecule has 1 atom stereocenters. The predicted molar refractivity (Wildman–Crippen MR) is 149 cm³/mol. The van der Waals surface area contributed by atoms with Crippen molar-refractivity contribution in [2.45, 2.75) is 148 Å². The largest absolute Gasteiger partial charge is 0.303 e. The minimum absolute atomic E-state index is 0.619. The fourth-order valence-corrected chi connectivity index (χ4v) is 4.25. The lowest BCUT2D eigenvalue weighted by Crippen LogP contribution is -2.25. The van der Waals surface area contributed by atoms with Crippen LogP contribution < -0.4 is 0 Å². The molecule has 0 fully saturated rings. The van der Waals surface area contributed by atoms with Crippen LogP contribution in [0.2, 0.25) is 0 Å². The molecule has 0 radical (unpaired) electrons. The SMILES string of the molecule is C/C=C/CCCCCCC(C=CCCCCCCC/C=C\CCCCCCCC)N(C)C. The Hall–Kier alpha value is -0.820. The maximum Gasteiger partial charge on any atom is 0.0272 e. The van der Waals surface area contributed by atoms with Crippen LogP contribution in [0.15, 0.2) is 36.5 Å². The molecule has 0 rings (SSSR count). The fraction of sp³-hybridized carbons (Fsp3) is 0.806. The highest BCUT2D eigenvalue weighted by atomic mass is 15.1. The van der Waals surface area contributed by atoms with Crippen LogP contribution >= 0.6 is 0 Å². The second-order valence-corrected chi connectivity index (χ2v) is 9.89. The third-order valence-electron chi connectivity index (χ3n) is 6.51. The van der Waals surface area contributed by atoms with Gasteiger partial charge in [0.05, 0.1) is 0 Å². The summed E-state index contributed by atoms with van der Waals surface area (Å²) in [6.07, 6.45) is 41.5. The average Bonchev–Trinajstić information content (AvgIpc) is 2.78. The molecule has 0 aliphatic heterocycles. The number of rotatable bonds is 24. The first-order valence-corrected chi connectivity index (χ1v) is 14.3. The zero-order valence-electron chi connectivity index (χ0n) is 22.6. The number of allylic oxidation sites excluding steroid dienone is 5. The van der Waals surface area contributed by atoms with Crippen molar-refractivity contribution in [1.29, 1.82) is 0 Å². The van der Waals surface area contributed by atoms with Crippen molar-refractivity contribution in [3.63, 3.8) is 0 Å². The standard InChI is InChI=1S/C31H59N/c1-5-7-9-11-13-14-15-16-17-18-19-20-21-22-24-26-28-30-31(32(3)4)29-27-25-23-12-10-8-6-2/h6,8,16-17,28,30-31H,5,7,9-15,18-27,29H2,1-4H3/b8-6+,17-16-,30-28?. The normalized spacial score (nSPS) is 13.4. The molecule has 0 aliphatic carbocycles. The summed E-state index contributed by atoms with van der Waals surface area (Å²) in [5.74, 6) is 0. The summed E-state index contributed by atoms with van der Waals surface area (Å²) in [6.45, 7) is 4.41. The minimum atomic E-state index is 0.619. The molecule has 0 heterocycles. The van der Waals surface area contributed by atoms with Crippen molar-refractivity contribution >= 4 is 0 Å². The van der Waals surface area contributed by atoms with Gasteiger partial charge in [-0.05, 0) is 78.8 Å². The van der Waals surface area contributed by atoms with E-state index < -0.39 is 0 Å². The number of hydrogen-bond donors (Lipinski definition) is 0. The van der Waals surface area contributed by atoms with Crippen LogP contribution in [0, 0.1) is 0 Å². The molecule has 1 nitrogen and oxygen atoms in total. The first-order chi connectivity index (χ1) is 15.7. The molecule has 0 saturated heterocycles. The van der Waals surface area contributed by atoms with E-state index in [9.17, 15) is 0 Å². The van der Waals surface area contributed by atoms with Crippen LogP contribution in [-0.4, -0.2) is 25.0 Å². The molecule has 0 aromatic rings. The molecule has 0 N–H and O–H groups in total. The van der Waals surface area contributed by atoms with Gasteiger partial charge in [0.25, 0.3) is 0 Å². The molecule has 188 valence electrons. The van der Waals surface area contributed by atoms with Crippen molar-refractivity contribution < 1.29 is 0 Å². The molecule has 0 spiro atoms. The summed E-state index contributed by atoms with van der Waals surface area (Å²) in [5.41, 5.74) is 0. The van der Waals surface area contributed by atoms with E-state index in [1.54, 1.807) is 0 Å². The fourth-order valence-electron chi connectivity index (χ4n) is 4.25. The highest BCUT2D eigenvalue weighted by molar-refractivity contribution is 4.93. The Balaban J connectivity index is 3.52. The lowest BCUT2D eigenvalue weighted by atomic mass is 10.0. The smallest absolute Gasteiger partial charge is 0.0272 e. The Morgan fingerprint density at radius 3 is 1.47 bits per heavy atom. The van der Waals surface area contributed by atoms with Gasteiger partial charge in [-0.25, -0.2) is 0 Å². The van der Waals surface area contributed by atoms with Crippen molar-refractivity contribution in [3.05, 3.63) is 36.5 Å². The minimum Gasteiger partial charge on any atom is -0.303 e. The number of hydrogen-bond acceptors (Lipinski definition) is 1. The summed E-state index contributed by atoms with van der Waals surface area (Å²) in [6, 6.07) is 0.619. The molecule has 0 amide bonds. The highest BCUT2D eigenvalue weighted by Gasteiger charge is 2.06. The lowest BCUT2D eigenvalue weighted by Gasteiger charge is -2.21. The molecule has 32 heavy (non-hydrogen) atoms. The van der Waals surface area contributed by atoms with Crippen molar-refractivity contribution in [1.82, 2.24) is 4.90 Å². The second kappa shape index (κ2) is 26.4. The van der Waals surface area contributed by atoms with Gasteiger partial charge in [-0.1, -0.05) is 114 Å². The topological polar surface area (TPSA) is 3.24 Å². The van der Waals surface area contributed by atoms with Gasteiger partial charge in [0.1, 0.15) is 0 Å². The summed E-state index contributed by atoms with van der Waals surface area (Å²) in [4.78, 5) is 2.39. The van der Waals surface area contributed by atoms with E-state index in [0.29, 0.717) is 6.04 Å². The van der Waals surface area contributed by atoms with Crippen LogP contribution in [-0.2, 0) is 0 Å². The Bertz CT molecular complexity index is 432. The molecule has 0 saturated carbocycles. The molecule has 0 aliphatic rings. The van der Waals surface area contributed by atoms with Gasteiger partial charge in [0.2, 0.25) is 0 Å². The maximum absolute atomic E-state index is 2.47. The Labute approximate surface area is 203 Å². The molecule has 0 aromatic carbocycles. The lowest BCUT2D eigenvalue weighted by molar-refractivity contribution is 0.319. The van der Waals surface area contributed by atoms with E-state index in [4.69, 9.17) is 0 Å². The van der Waals surface area contributed by atoms with Crippen LogP contribution in [0.25, 0.3) is 0 Å². The first-order valence-electron chi connectivity index (χ1n) is 14.3. The summed E-state index contributed by atoms with van der Waals surface area (Å²) >= 11 is 0. The average molecular weight is 446 g/mol. The van der Waals surface area contributed by atoms with Gasteiger partial charge >= 0.3 is 0 Å². The van der Waals surface area contributed by atoms with Gasteiger partial charge in [0, 0.05) is 6.04 Å². The van der Waals surface area contributed by atoms with Gasteiger partial charge in [-0.2, -0.15) is 0 Å². The van der Waals surface area contributed by atoms with E-state index in [-0.39, 0.29) is 0 Å².